The molecule has 0 saturated carbocycles. The Balaban J connectivity index is 1.31. The molecule has 0 aliphatic carbocycles. The molecule has 3 heteroatoms. The molecule has 8 aromatic rings. The summed E-state index contributed by atoms with van der Waals surface area (Å²) in [5.41, 5.74) is 9.00. The van der Waals surface area contributed by atoms with E-state index in [9.17, 15) is 0 Å². The fourth-order valence-electron chi connectivity index (χ4n) is 6.56. The molecule has 0 unspecified atom stereocenters. The Morgan fingerprint density at radius 3 is 1.80 bits per heavy atom. The minimum atomic E-state index is 0.0450. The van der Waals surface area contributed by atoms with Crippen molar-refractivity contribution in [2.24, 2.45) is 0 Å². The summed E-state index contributed by atoms with van der Waals surface area (Å²) in [7, 11) is 0. The van der Waals surface area contributed by atoms with Gasteiger partial charge in [0.25, 0.3) is 0 Å². The van der Waals surface area contributed by atoms with Crippen LogP contribution in [0.3, 0.4) is 0 Å². The summed E-state index contributed by atoms with van der Waals surface area (Å²) in [5, 5.41) is 7.42. The monoisotopic (exact) mass is 600 g/mol. The predicted octanol–water partition coefficient (Wildman–Crippen LogP) is 12.2. The summed E-state index contributed by atoms with van der Waals surface area (Å²) in [4.78, 5) is 10.5. The lowest BCUT2D eigenvalue weighted by Crippen LogP contribution is -2.11. The molecule has 220 valence electrons. The summed E-state index contributed by atoms with van der Waals surface area (Å²) in [6.07, 6.45) is 1.95. The molecule has 2 heterocycles. The number of benzene rings is 6. The molecule has 2 nitrogen and oxygen atoms in total. The van der Waals surface area contributed by atoms with Crippen molar-refractivity contribution in [3.05, 3.63) is 120 Å². The first-order valence-electron chi connectivity index (χ1n) is 15.7. The topological polar surface area (TPSA) is 25.8 Å². The summed E-state index contributed by atoms with van der Waals surface area (Å²) < 4.78 is 2.65. The van der Waals surface area contributed by atoms with Gasteiger partial charge in [0.15, 0.2) is 0 Å². The van der Waals surface area contributed by atoms with E-state index in [2.05, 4.69) is 145 Å². The van der Waals surface area contributed by atoms with Crippen LogP contribution in [-0.2, 0) is 10.8 Å². The van der Waals surface area contributed by atoms with Crippen molar-refractivity contribution in [3.8, 4) is 22.4 Å². The van der Waals surface area contributed by atoms with Crippen LogP contribution in [0.2, 0.25) is 0 Å². The Morgan fingerprint density at radius 1 is 0.467 bits per heavy atom. The number of thiophene rings is 1. The van der Waals surface area contributed by atoms with Crippen molar-refractivity contribution >= 4 is 64.1 Å². The largest absolute Gasteiger partial charge is 0.252 e. The van der Waals surface area contributed by atoms with Gasteiger partial charge >= 0.3 is 0 Å². The van der Waals surface area contributed by atoms with Crippen molar-refractivity contribution in [2.45, 2.75) is 52.4 Å². The number of rotatable bonds is 2. The summed E-state index contributed by atoms with van der Waals surface area (Å²) in [6, 6.07) is 38.0. The van der Waals surface area contributed by atoms with Crippen LogP contribution in [0.25, 0.3) is 75.1 Å². The van der Waals surface area contributed by atoms with Crippen LogP contribution in [0, 0.1) is 0 Å². The Kier molecular flexibility index (Phi) is 6.17. The van der Waals surface area contributed by atoms with Crippen LogP contribution in [0.15, 0.2) is 109 Å². The second-order valence-electron chi connectivity index (χ2n) is 14.4. The number of fused-ring (bicyclic) bond motifs is 9. The van der Waals surface area contributed by atoms with Crippen LogP contribution < -0.4 is 0 Å². The van der Waals surface area contributed by atoms with Gasteiger partial charge in [0.1, 0.15) is 0 Å². The molecule has 0 spiro atoms. The van der Waals surface area contributed by atoms with Gasteiger partial charge in [0.2, 0.25) is 0 Å². The molecular formula is C42H36N2S. The minimum Gasteiger partial charge on any atom is -0.252 e. The fourth-order valence-corrected chi connectivity index (χ4v) is 7.64. The molecule has 0 atom stereocenters. The zero-order valence-electron chi connectivity index (χ0n) is 26.7. The average Bonchev–Trinajstić information content (AvgIpc) is 3.41. The Labute approximate surface area is 268 Å². The standard InChI is InChI=1S/C42H36N2S/c1-41(2,3)28-15-17-31-33(22-28)34-23-29(42(4,5)6)16-18-32(34)40-39(31)43-24-36(44-40)27-11-9-10-25(20-27)26-14-19-38-35(21-26)30-12-7-8-13-37(30)45-38/h7-24H,1-6H3. The first-order chi connectivity index (χ1) is 21.5. The molecule has 0 radical (unpaired) electrons. The molecule has 0 amide bonds. The Bertz CT molecular complexity index is 2450. The van der Waals surface area contributed by atoms with Gasteiger partial charge in [-0.05, 0) is 80.3 Å². The molecule has 8 rings (SSSR count). The number of hydrogen-bond acceptors (Lipinski definition) is 3. The fraction of sp³-hybridized carbons (Fsp3) is 0.190. The maximum atomic E-state index is 5.34. The third-order valence-electron chi connectivity index (χ3n) is 9.21. The van der Waals surface area contributed by atoms with E-state index in [1.807, 2.05) is 17.5 Å². The molecule has 0 saturated heterocycles. The highest BCUT2D eigenvalue weighted by atomic mass is 32.1. The van der Waals surface area contributed by atoms with Gasteiger partial charge in [-0.1, -0.05) is 108 Å². The minimum absolute atomic E-state index is 0.0450. The highest BCUT2D eigenvalue weighted by Crippen LogP contribution is 2.40. The van der Waals surface area contributed by atoms with Crippen molar-refractivity contribution in [1.29, 1.82) is 0 Å². The van der Waals surface area contributed by atoms with E-state index in [0.29, 0.717) is 0 Å². The van der Waals surface area contributed by atoms with E-state index in [1.165, 1.54) is 53.2 Å². The maximum absolute atomic E-state index is 5.34. The first kappa shape index (κ1) is 27.9. The normalized spacial score (nSPS) is 12.7. The van der Waals surface area contributed by atoms with Crippen molar-refractivity contribution < 1.29 is 0 Å². The predicted molar refractivity (Wildman–Crippen MR) is 196 cm³/mol. The highest BCUT2D eigenvalue weighted by Gasteiger charge is 2.20. The SMILES string of the molecule is CC(C)(C)c1ccc2c(c1)c1cc(C(C)(C)C)ccc1c1nc(-c3cccc(-c4ccc5sc6ccccc6c5c4)c3)cnc21. The van der Waals surface area contributed by atoms with Crippen molar-refractivity contribution in [3.63, 3.8) is 0 Å². The van der Waals surface area contributed by atoms with E-state index < -0.39 is 0 Å². The van der Waals surface area contributed by atoms with Crippen LogP contribution in [-0.4, -0.2) is 9.97 Å². The molecule has 6 aromatic carbocycles. The van der Waals surface area contributed by atoms with Gasteiger partial charge in [0, 0.05) is 36.5 Å². The van der Waals surface area contributed by atoms with Gasteiger partial charge in [0.05, 0.1) is 22.9 Å². The molecule has 0 N–H and O–H groups in total. The third kappa shape index (κ3) is 4.69. The molecular weight excluding hydrogens is 565 g/mol. The van der Waals surface area contributed by atoms with Crippen LogP contribution >= 0.6 is 11.3 Å². The number of hydrogen-bond donors (Lipinski definition) is 0. The molecule has 0 fully saturated rings. The van der Waals surface area contributed by atoms with Gasteiger partial charge < -0.3 is 0 Å². The molecule has 45 heavy (non-hydrogen) atoms. The van der Waals surface area contributed by atoms with E-state index in [0.717, 1.165) is 33.1 Å². The average molecular weight is 601 g/mol. The zero-order chi connectivity index (χ0) is 31.1. The lowest BCUT2D eigenvalue weighted by molar-refractivity contribution is 0.590. The third-order valence-corrected chi connectivity index (χ3v) is 10.4. The number of nitrogens with zero attached hydrogens (tertiary/aromatic N) is 2. The molecule has 0 bridgehead atoms. The van der Waals surface area contributed by atoms with Crippen LogP contribution in [0.4, 0.5) is 0 Å². The lowest BCUT2D eigenvalue weighted by atomic mass is 9.83. The van der Waals surface area contributed by atoms with Crippen LogP contribution in [0.1, 0.15) is 52.7 Å². The second kappa shape index (κ2) is 9.95. The van der Waals surface area contributed by atoms with Crippen molar-refractivity contribution in [2.75, 3.05) is 0 Å². The zero-order valence-corrected chi connectivity index (χ0v) is 27.5. The second-order valence-corrected chi connectivity index (χ2v) is 15.4. The van der Waals surface area contributed by atoms with Gasteiger partial charge in [-0.25, -0.2) is 4.98 Å². The highest BCUT2D eigenvalue weighted by molar-refractivity contribution is 7.25. The van der Waals surface area contributed by atoms with E-state index in [-0.39, 0.29) is 10.8 Å². The van der Waals surface area contributed by atoms with Gasteiger partial charge in [-0.3, -0.25) is 4.98 Å². The van der Waals surface area contributed by atoms with Crippen LogP contribution in [0.5, 0.6) is 0 Å². The molecule has 2 aromatic heterocycles. The Hall–Kier alpha value is -4.60. The van der Waals surface area contributed by atoms with Gasteiger partial charge in [-0.15, -0.1) is 11.3 Å². The van der Waals surface area contributed by atoms with Crippen molar-refractivity contribution in [1.82, 2.24) is 9.97 Å². The quantitative estimate of drug-likeness (QED) is 0.184. The lowest BCUT2D eigenvalue weighted by Gasteiger charge is -2.22. The smallest absolute Gasteiger partial charge is 0.0979 e. The number of aromatic nitrogens is 2. The van der Waals surface area contributed by atoms with E-state index in [1.54, 1.807) is 0 Å². The molecule has 0 aliphatic heterocycles. The Morgan fingerprint density at radius 2 is 1.09 bits per heavy atom. The van der Waals surface area contributed by atoms with Gasteiger partial charge in [-0.2, -0.15) is 0 Å². The van der Waals surface area contributed by atoms with E-state index >= 15 is 0 Å². The molecule has 0 aliphatic rings. The summed E-state index contributed by atoms with van der Waals surface area (Å²) >= 11 is 1.85. The summed E-state index contributed by atoms with van der Waals surface area (Å²) in [6.45, 7) is 13.7. The first-order valence-corrected chi connectivity index (χ1v) is 16.6. The maximum Gasteiger partial charge on any atom is 0.0979 e. The summed E-state index contributed by atoms with van der Waals surface area (Å²) in [5.74, 6) is 0. The van der Waals surface area contributed by atoms with E-state index in [4.69, 9.17) is 9.97 Å².